The van der Waals surface area contributed by atoms with Crippen molar-refractivity contribution in [2.45, 2.75) is 107 Å². The van der Waals surface area contributed by atoms with Gasteiger partial charge >= 0.3 is 5.97 Å². The van der Waals surface area contributed by atoms with Gasteiger partial charge in [-0.05, 0) is 132 Å². The highest BCUT2D eigenvalue weighted by Gasteiger charge is 2.29. The van der Waals surface area contributed by atoms with Gasteiger partial charge in [0.1, 0.15) is 5.82 Å². The molecule has 2 aromatic carbocycles. The zero-order chi connectivity index (χ0) is 39.9. The molecule has 3 aliphatic heterocycles. The van der Waals surface area contributed by atoms with Crippen molar-refractivity contribution in [1.29, 1.82) is 0 Å². The van der Waals surface area contributed by atoms with Crippen LogP contribution in [0.3, 0.4) is 0 Å². The number of rotatable bonds is 9. The van der Waals surface area contributed by atoms with Crippen LogP contribution in [0.2, 0.25) is 0 Å². The van der Waals surface area contributed by atoms with E-state index in [0.29, 0.717) is 29.5 Å². The summed E-state index contributed by atoms with van der Waals surface area (Å²) in [6, 6.07) is 13.8. The Labute approximate surface area is 329 Å². The minimum absolute atomic E-state index is 0.0220. The van der Waals surface area contributed by atoms with E-state index in [1.54, 1.807) is 0 Å². The maximum Gasteiger partial charge on any atom is 0.306 e. The van der Waals surface area contributed by atoms with Gasteiger partial charge in [-0.3, -0.25) is 14.4 Å². The minimum Gasteiger partial charge on any atom is -0.481 e. The lowest BCUT2D eigenvalue weighted by Gasteiger charge is -2.33. The van der Waals surface area contributed by atoms with E-state index in [1.807, 2.05) is 61.2 Å². The first-order chi connectivity index (χ1) is 26.0. The van der Waals surface area contributed by atoms with Crippen LogP contribution in [0, 0.1) is 36.5 Å². The number of amides is 2. The summed E-state index contributed by atoms with van der Waals surface area (Å²) in [5.74, 6) is 0.364. The third kappa shape index (κ3) is 12.0. The lowest BCUT2D eigenvalue weighted by atomic mass is 9.90. The van der Waals surface area contributed by atoms with Crippen LogP contribution in [0.4, 0.5) is 5.69 Å². The molecule has 2 saturated heterocycles. The summed E-state index contributed by atoms with van der Waals surface area (Å²) in [5, 5.41) is 12.0. The number of carbonyl (C=O) groups excluding carboxylic acids is 2. The Morgan fingerprint density at radius 2 is 1.40 bits per heavy atom. The fourth-order valence-electron chi connectivity index (χ4n) is 7.73. The number of carbonyl (C=O) groups is 3. The Morgan fingerprint density at radius 1 is 0.818 bits per heavy atom. The lowest BCUT2D eigenvalue weighted by molar-refractivity contribution is -0.143. The normalized spacial score (nSPS) is 17.4. The van der Waals surface area contributed by atoms with E-state index < -0.39 is 5.97 Å². The zero-order valence-electron chi connectivity index (χ0n) is 34.8. The van der Waals surface area contributed by atoms with Gasteiger partial charge in [0.05, 0.1) is 17.3 Å². The number of likely N-dealkylation sites (tertiary alicyclic amines) is 2. The molecule has 4 heterocycles. The topological polar surface area (TPSA) is 122 Å². The maximum atomic E-state index is 13.7. The Bertz CT molecular complexity index is 1770. The van der Waals surface area contributed by atoms with E-state index >= 15 is 0 Å². The number of hydrogen-bond acceptors (Lipinski definition) is 6. The summed E-state index contributed by atoms with van der Waals surface area (Å²) in [6.07, 6.45) is 6.55. The van der Waals surface area contributed by atoms with Crippen LogP contribution in [-0.4, -0.2) is 88.5 Å². The molecule has 0 bridgehead atoms. The highest BCUT2D eigenvalue weighted by atomic mass is 16.4. The molecule has 0 aliphatic carbocycles. The summed E-state index contributed by atoms with van der Waals surface area (Å²) in [6.45, 7) is 24.7. The van der Waals surface area contributed by atoms with Gasteiger partial charge < -0.3 is 30.1 Å². The van der Waals surface area contributed by atoms with Crippen molar-refractivity contribution in [1.82, 2.24) is 25.1 Å². The second-order valence-electron chi connectivity index (χ2n) is 18.4. The van der Waals surface area contributed by atoms with Crippen LogP contribution < -0.4 is 10.2 Å². The van der Waals surface area contributed by atoms with Gasteiger partial charge in [-0.15, -0.1) is 0 Å². The van der Waals surface area contributed by atoms with Gasteiger partial charge in [0, 0.05) is 42.2 Å². The number of aromatic amines is 1. The summed E-state index contributed by atoms with van der Waals surface area (Å²) in [4.78, 5) is 52.3. The molecule has 1 aromatic heterocycles. The first-order valence-electron chi connectivity index (χ1n) is 20.5. The molecule has 6 rings (SSSR count). The van der Waals surface area contributed by atoms with Gasteiger partial charge in [-0.2, -0.15) is 0 Å². The molecular formula is C45H66N6O4. The van der Waals surface area contributed by atoms with E-state index in [-0.39, 0.29) is 23.7 Å². The molecule has 0 spiro atoms. The second kappa shape index (κ2) is 18.3. The Morgan fingerprint density at radius 3 is 1.96 bits per heavy atom. The summed E-state index contributed by atoms with van der Waals surface area (Å²) >= 11 is 0. The molecule has 0 radical (unpaired) electrons. The van der Waals surface area contributed by atoms with Gasteiger partial charge in [0.25, 0.3) is 5.91 Å². The van der Waals surface area contributed by atoms with Gasteiger partial charge in [0.15, 0.2) is 0 Å². The van der Waals surface area contributed by atoms with Crippen LogP contribution in [-0.2, 0) is 22.6 Å². The monoisotopic (exact) mass is 755 g/mol. The number of benzene rings is 2. The number of nitrogens with one attached hydrogen (secondary N) is 2. The molecular weight excluding hydrogens is 689 g/mol. The molecule has 300 valence electrons. The molecule has 3 N–H and O–H groups in total. The minimum atomic E-state index is -0.620. The number of imidazole rings is 1. The van der Waals surface area contributed by atoms with Crippen molar-refractivity contribution in [3.05, 3.63) is 70.7 Å². The predicted octanol–water partition coefficient (Wildman–Crippen LogP) is 7.88. The Hall–Kier alpha value is -4.02. The largest absolute Gasteiger partial charge is 0.481 e. The quantitative estimate of drug-likeness (QED) is 0.203. The van der Waals surface area contributed by atoms with Crippen LogP contribution in [0.25, 0.3) is 11.3 Å². The molecule has 55 heavy (non-hydrogen) atoms. The average molecular weight is 755 g/mol. The fourth-order valence-corrected chi connectivity index (χ4v) is 7.73. The Balaban J connectivity index is 0.000000325. The summed E-state index contributed by atoms with van der Waals surface area (Å²) in [7, 11) is 0. The standard InChI is InChI=1S/C33H43N5O2.C12H23NO2/c1-22-20-25(32(40)38-18-14-28-30(36-23(2)35-28)27-8-6-7-9-29(27)38)10-11-26(22)21-34-31(39)24-12-16-37(17-13-24)19-15-33(3,4)5;1-12(2,3)6-9-13-7-4-10(5-8-13)11(14)15/h6-11,20,24H,12-19,21H2,1-5H3,(H,34,39)(H,35,36);10H,4-9H2,1-3H3,(H,14,15). The number of aliphatic carboxylic acids is 1. The Kier molecular flexibility index (Phi) is 14.0. The van der Waals surface area contributed by atoms with Crippen molar-refractivity contribution < 1.29 is 19.5 Å². The highest BCUT2D eigenvalue weighted by Crippen LogP contribution is 2.36. The SMILES string of the molecule is CC(C)(C)CCN1CCC(C(=O)O)CC1.Cc1nc2c([nH]1)CCN(C(=O)c1ccc(CNC(=O)C3CCN(CCC(C)(C)C)CC3)c(C)c1)c1ccccc1-2. The number of carboxylic acids is 1. The van der Waals surface area contributed by atoms with Crippen molar-refractivity contribution >= 4 is 23.5 Å². The number of nitrogens with zero attached hydrogens (tertiary/aromatic N) is 4. The van der Waals surface area contributed by atoms with Crippen molar-refractivity contribution in [2.24, 2.45) is 22.7 Å². The molecule has 10 heteroatoms. The molecule has 10 nitrogen and oxygen atoms in total. The molecule has 2 amide bonds. The number of anilines is 1. The van der Waals surface area contributed by atoms with Gasteiger partial charge in [0.2, 0.25) is 5.91 Å². The van der Waals surface area contributed by atoms with E-state index in [2.05, 4.69) is 61.6 Å². The molecule has 0 unspecified atom stereocenters. The molecule has 2 fully saturated rings. The van der Waals surface area contributed by atoms with E-state index in [4.69, 9.17) is 10.1 Å². The zero-order valence-corrected chi connectivity index (χ0v) is 34.8. The molecule has 3 aliphatic rings. The summed E-state index contributed by atoms with van der Waals surface area (Å²) in [5.41, 5.74) is 7.28. The highest BCUT2D eigenvalue weighted by molar-refractivity contribution is 6.08. The number of aryl methyl sites for hydroxylation is 2. The van der Waals surface area contributed by atoms with Crippen molar-refractivity contribution in [3.8, 4) is 11.3 Å². The molecule has 3 aromatic rings. The maximum absolute atomic E-state index is 13.7. The number of carboxylic acid groups (broad SMARTS) is 1. The summed E-state index contributed by atoms with van der Waals surface area (Å²) < 4.78 is 0. The van der Waals surface area contributed by atoms with Crippen molar-refractivity contribution in [3.63, 3.8) is 0 Å². The van der Waals surface area contributed by atoms with Crippen LogP contribution >= 0.6 is 0 Å². The number of para-hydroxylation sites is 1. The number of piperidine rings is 2. The first kappa shape index (κ1) is 42.1. The van der Waals surface area contributed by atoms with E-state index in [1.165, 1.54) is 12.8 Å². The van der Waals surface area contributed by atoms with Crippen LogP contribution in [0.1, 0.15) is 113 Å². The number of H-pyrrole nitrogens is 1. The third-order valence-electron chi connectivity index (χ3n) is 11.5. The smallest absolute Gasteiger partial charge is 0.306 e. The fraction of sp³-hybridized carbons (Fsp3) is 0.600. The third-order valence-corrected chi connectivity index (χ3v) is 11.5. The second-order valence-corrected chi connectivity index (χ2v) is 18.4. The van der Waals surface area contributed by atoms with E-state index in [0.717, 1.165) is 111 Å². The average Bonchev–Trinajstić information content (AvgIpc) is 3.45. The molecule has 0 saturated carbocycles. The first-order valence-corrected chi connectivity index (χ1v) is 20.5. The lowest BCUT2D eigenvalue weighted by Crippen LogP contribution is -2.41. The molecule has 0 atom stereocenters. The number of aromatic nitrogens is 2. The van der Waals surface area contributed by atoms with Gasteiger partial charge in [-0.25, -0.2) is 4.98 Å². The van der Waals surface area contributed by atoms with Crippen LogP contribution in [0.5, 0.6) is 0 Å². The van der Waals surface area contributed by atoms with Crippen LogP contribution in [0.15, 0.2) is 42.5 Å². The van der Waals surface area contributed by atoms with Crippen molar-refractivity contribution in [2.75, 3.05) is 50.7 Å². The van der Waals surface area contributed by atoms with Gasteiger partial charge in [-0.1, -0.05) is 65.8 Å². The van der Waals surface area contributed by atoms with E-state index in [9.17, 15) is 14.4 Å². The predicted molar refractivity (Wildman–Crippen MR) is 221 cm³/mol. The number of fused-ring (bicyclic) bond motifs is 3. The number of hydrogen-bond donors (Lipinski definition) is 3.